The predicted octanol–water partition coefficient (Wildman–Crippen LogP) is 10.8. The molecule has 0 fully saturated rings. The largest absolute Gasteiger partial charge is 0.376 e. The highest BCUT2D eigenvalue weighted by Crippen LogP contribution is 2.40. The SMILES string of the molecule is COC1CC(C)(C)C(/C=C/C(C)=C/C=C/C(C)=C/C=C/C=C(C)/C=C/C=C(C)/C=C/C=C(C)/C=C/C(OC)C(C)(C)OC)=C(C)C1=O. The lowest BCUT2D eigenvalue weighted by Crippen LogP contribution is -2.38. The van der Waals surface area contributed by atoms with Crippen LogP contribution >= 0.6 is 0 Å². The fraction of sp³-hybridized carbons (Fsp3) is 0.419. The van der Waals surface area contributed by atoms with Crippen LogP contribution in [0.25, 0.3) is 0 Å². The first-order valence-corrected chi connectivity index (χ1v) is 16.4. The number of hydrogen-bond acceptors (Lipinski definition) is 4. The van der Waals surface area contributed by atoms with E-state index in [1.807, 2.05) is 26.8 Å². The van der Waals surface area contributed by atoms with Crippen LogP contribution in [0, 0.1) is 5.41 Å². The van der Waals surface area contributed by atoms with Gasteiger partial charge in [0.25, 0.3) is 0 Å². The smallest absolute Gasteiger partial charge is 0.187 e. The van der Waals surface area contributed by atoms with E-state index in [-0.39, 0.29) is 29.0 Å². The minimum absolute atomic E-state index is 0.0893. The summed E-state index contributed by atoms with van der Waals surface area (Å²) in [6.07, 6.45) is 35.5. The van der Waals surface area contributed by atoms with Crippen molar-refractivity contribution in [3.05, 3.63) is 142 Å². The normalized spacial score (nSPS) is 20.6. The van der Waals surface area contributed by atoms with Gasteiger partial charge in [0.05, 0.1) is 5.60 Å². The van der Waals surface area contributed by atoms with Gasteiger partial charge in [-0.3, -0.25) is 4.79 Å². The Morgan fingerprint density at radius 3 is 1.57 bits per heavy atom. The molecule has 0 amide bonds. The molecule has 0 heterocycles. The zero-order valence-corrected chi connectivity index (χ0v) is 31.3. The third kappa shape index (κ3) is 15.3. The van der Waals surface area contributed by atoms with Crippen molar-refractivity contribution in [1.82, 2.24) is 0 Å². The van der Waals surface area contributed by atoms with Crippen LogP contribution < -0.4 is 0 Å². The Bertz CT molecular complexity index is 1420. The summed E-state index contributed by atoms with van der Waals surface area (Å²) < 4.78 is 16.5. The summed E-state index contributed by atoms with van der Waals surface area (Å²) in [5, 5.41) is 0. The summed E-state index contributed by atoms with van der Waals surface area (Å²) in [5.74, 6) is 0.0893. The van der Waals surface area contributed by atoms with Gasteiger partial charge < -0.3 is 14.2 Å². The molecule has 0 spiro atoms. The minimum Gasteiger partial charge on any atom is -0.376 e. The zero-order valence-electron chi connectivity index (χ0n) is 31.3. The van der Waals surface area contributed by atoms with Crippen molar-refractivity contribution in [3.63, 3.8) is 0 Å². The highest BCUT2D eigenvalue weighted by Gasteiger charge is 2.37. The van der Waals surface area contributed by atoms with Gasteiger partial charge in [0.1, 0.15) is 12.2 Å². The number of ether oxygens (including phenoxy) is 3. The first-order chi connectivity index (χ1) is 22.1. The van der Waals surface area contributed by atoms with Crippen LogP contribution in [-0.2, 0) is 19.0 Å². The lowest BCUT2D eigenvalue weighted by atomic mass is 9.71. The number of methoxy groups -OCH3 is 3. The molecule has 1 aliphatic carbocycles. The lowest BCUT2D eigenvalue weighted by molar-refractivity contribution is -0.127. The number of hydrogen-bond donors (Lipinski definition) is 0. The summed E-state index contributed by atoms with van der Waals surface area (Å²) >= 11 is 0. The van der Waals surface area contributed by atoms with Crippen LogP contribution in [0.3, 0.4) is 0 Å². The van der Waals surface area contributed by atoms with Gasteiger partial charge in [0.15, 0.2) is 5.78 Å². The van der Waals surface area contributed by atoms with Crippen molar-refractivity contribution in [2.24, 2.45) is 5.41 Å². The van der Waals surface area contributed by atoms with E-state index in [2.05, 4.69) is 146 Å². The Labute approximate surface area is 286 Å². The second-order valence-corrected chi connectivity index (χ2v) is 13.4. The van der Waals surface area contributed by atoms with Gasteiger partial charge in [-0.25, -0.2) is 0 Å². The van der Waals surface area contributed by atoms with E-state index < -0.39 is 0 Å². The van der Waals surface area contributed by atoms with Gasteiger partial charge in [-0.05, 0) is 78.4 Å². The molecule has 4 nitrogen and oxygen atoms in total. The summed E-state index contributed by atoms with van der Waals surface area (Å²) in [5.41, 5.74) is 7.13. The van der Waals surface area contributed by atoms with Crippen molar-refractivity contribution in [3.8, 4) is 0 Å². The fourth-order valence-corrected chi connectivity index (χ4v) is 5.00. The van der Waals surface area contributed by atoms with Crippen molar-refractivity contribution in [2.45, 2.75) is 93.5 Å². The number of ketones is 1. The molecule has 0 aromatic carbocycles. The molecular weight excluding hydrogens is 580 g/mol. The number of rotatable bonds is 16. The average Bonchev–Trinajstić information content (AvgIpc) is 3.01. The van der Waals surface area contributed by atoms with Gasteiger partial charge in [-0.1, -0.05) is 145 Å². The van der Waals surface area contributed by atoms with Crippen LogP contribution in [0.4, 0.5) is 0 Å². The maximum Gasteiger partial charge on any atom is 0.187 e. The van der Waals surface area contributed by atoms with Gasteiger partial charge in [-0.15, -0.1) is 0 Å². The zero-order chi connectivity index (χ0) is 35.6. The van der Waals surface area contributed by atoms with E-state index in [0.717, 1.165) is 27.9 Å². The number of carbonyl (C=O) groups excluding carboxylic acids is 1. The second-order valence-electron chi connectivity index (χ2n) is 13.4. The summed E-state index contributed by atoms with van der Waals surface area (Å²) in [6.45, 7) is 20.7. The first-order valence-electron chi connectivity index (χ1n) is 16.4. The third-order valence-electron chi connectivity index (χ3n) is 8.27. The van der Waals surface area contributed by atoms with Crippen LogP contribution in [0.1, 0.15) is 75.7 Å². The van der Waals surface area contributed by atoms with Crippen molar-refractivity contribution in [1.29, 1.82) is 0 Å². The van der Waals surface area contributed by atoms with Crippen molar-refractivity contribution >= 4 is 5.78 Å². The Morgan fingerprint density at radius 2 is 1.15 bits per heavy atom. The topological polar surface area (TPSA) is 44.8 Å². The molecule has 1 rings (SSSR count). The standard InChI is InChI=1S/C43H60O4/c1-32(21-16-23-34(3)24-18-26-36(5)28-30-40(46-12)43(9,10)47-13)19-14-15-20-33(2)22-17-25-35(4)27-29-38-37(6)41(44)39(45-11)31-42(38,7)8/h14-30,39-40H,31H2,1-13H3/b15-14+,21-16+,22-17+,24-18+,29-27+,30-28+,32-19+,33-20+,34-23+,35-25+,36-26+. The van der Waals surface area contributed by atoms with Crippen LogP contribution in [0.2, 0.25) is 0 Å². The van der Waals surface area contributed by atoms with Gasteiger partial charge >= 0.3 is 0 Å². The van der Waals surface area contributed by atoms with Crippen LogP contribution in [-0.4, -0.2) is 44.9 Å². The van der Waals surface area contributed by atoms with Crippen LogP contribution in [0.15, 0.2) is 142 Å². The molecule has 0 radical (unpaired) electrons. The monoisotopic (exact) mass is 640 g/mol. The Balaban J connectivity index is 2.70. The molecule has 1 aliphatic rings. The molecule has 2 unspecified atom stereocenters. The number of carbonyl (C=O) groups is 1. The van der Waals surface area contributed by atoms with E-state index in [0.29, 0.717) is 6.42 Å². The molecule has 0 saturated heterocycles. The first kappa shape index (κ1) is 41.5. The average molecular weight is 641 g/mol. The molecule has 0 bridgehead atoms. The van der Waals surface area contributed by atoms with Crippen molar-refractivity contribution < 1.29 is 19.0 Å². The quantitative estimate of drug-likeness (QED) is 0.158. The fourth-order valence-electron chi connectivity index (χ4n) is 5.00. The van der Waals surface area contributed by atoms with Crippen molar-refractivity contribution in [2.75, 3.05) is 21.3 Å². The molecule has 0 N–H and O–H groups in total. The van der Waals surface area contributed by atoms with E-state index in [9.17, 15) is 4.79 Å². The van der Waals surface area contributed by atoms with E-state index in [1.165, 1.54) is 11.1 Å². The summed E-state index contributed by atoms with van der Waals surface area (Å²) in [6, 6.07) is 0. The number of Topliss-reactive ketones (excluding diaryl/α,β-unsaturated/α-hetero) is 1. The molecule has 256 valence electrons. The molecule has 0 aromatic heterocycles. The second kappa shape index (κ2) is 20.6. The summed E-state index contributed by atoms with van der Waals surface area (Å²) in [7, 11) is 5.01. The minimum atomic E-state index is -0.385. The molecule has 0 saturated carbocycles. The highest BCUT2D eigenvalue weighted by molar-refractivity contribution is 6.00. The van der Waals surface area contributed by atoms with Gasteiger partial charge in [0.2, 0.25) is 0 Å². The highest BCUT2D eigenvalue weighted by atomic mass is 16.5. The lowest BCUT2D eigenvalue weighted by Gasteiger charge is -2.36. The Kier molecular flexibility index (Phi) is 18.2. The molecular formula is C43H60O4. The van der Waals surface area contributed by atoms with E-state index >= 15 is 0 Å². The van der Waals surface area contributed by atoms with Gasteiger partial charge in [-0.2, -0.15) is 0 Å². The number of allylic oxidation sites excluding steroid dienone is 22. The maximum atomic E-state index is 12.6. The Morgan fingerprint density at radius 1 is 0.723 bits per heavy atom. The van der Waals surface area contributed by atoms with E-state index in [4.69, 9.17) is 14.2 Å². The molecule has 0 aromatic rings. The predicted molar refractivity (Wildman–Crippen MR) is 202 cm³/mol. The van der Waals surface area contributed by atoms with Gasteiger partial charge in [0, 0.05) is 21.3 Å². The van der Waals surface area contributed by atoms with E-state index in [1.54, 1.807) is 21.3 Å². The Hall–Kier alpha value is -3.57. The van der Waals surface area contributed by atoms with Crippen LogP contribution in [0.5, 0.6) is 0 Å². The maximum absolute atomic E-state index is 12.6. The molecule has 4 heteroatoms. The molecule has 0 aliphatic heterocycles. The summed E-state index contributed by atoms with van der Waals surface area (Å²) in [4.78, 5) is 12.6. The third-order valence-corrected chi connectivity index (χ3v) is 8.27. The molecule has 47 heavy (non-hydrogen) atoms. The molecule has 2 atom stereocenters.